The van der Waals surface area contributed by atoms with Crippen LogP contribution in [0.1, 0.15) is 440 Å². The topological polar surface area (TPSA) is 237 Å². The maximum absolute atomic E-state index is 13.1. The van der Waals surface area contributed by atoms with E-state index in [0.717, 1.165) is 102 Å². The normalized spacial score (nSPS) is 13.9. The molecule has 0 fully saturated rings. The van der Waals surface area contributed by atoms with Gasteiger partial charge in [0.2, 0.25) is 0 Å². The molecule has 0 aromatic heterocycles. The molecule has 0 bridgehead atoms. The molecule has 0 spiro atoms. The van der Waals surface area contributed by atoms with Crippen molar-refractivity contribution >= 4 is 39.5 Å². The van der Waals surface area contributed by atoms with Gasteiger partial charge in [0.25, 0.3) is 0 Å². The predicted octanol–water partition coefficient (Wildman–Crippen LogP) is 25.1. The van der Waals surface area contributed by atoms with Crippen LogP contribution in [0.15, 0.2) is 0 Å². The highest BCUT2D eigenvalue weighted by atomic mass is 31.2. The van der Waals surface area contributed by atoms with Crippen molar-refractivity contribution in [2.75, 3.05) is 39.6 Å². The maximum Gasteiger partial charge on any atom is 0.472 e. The first-order chi connectivity index (χ1) is 49.4. The summed E-state index contributed by atoms with van der Waals surface area (Å²) in [7, 11) is -9.92. The average Bonchev–Trinajstić information content (AvgIpc) is 0.908. The van der Waals surface area contributed by atoms with Crippen LogP contribution in [0.3, 0.4) is 0 Å². The molecule has 19 heteroatoms. The fourth-order valence-corrected chi connectivity index (χ4v) is 14.5. The van der Waals surface area contributed by atoms with E-state index in [2.05, 4.69) is 41.5 Å². The van der Waals surface area contributed by atoms with Gasteiger partial charge in [-0.25, -0.2) is 9.13 Å². The fourth-order valence-electron chi connectivity index (χ4n) is 12.9. The summed E-state index contributed by atoms with van der Waals surface area (Å²) in [6.45, 7) is 9.65. The van der Waals surface area contributed by atoms with Gasteiger partial charge >= 0.3 is 39.5 Å². The minimum absolute atomic E-state index is 0.108. The molecule has 606 valence electrons. The summed E-state index contributed by atoms with van der Waals surface area (Å²) in [6, 6.07) is 0. The van der Waals surface area contributed by atoms with E-state index in [1.165, 1.54) is 257 Å². The van der Waals surface area contributed by atoms with E-state index in [0.29, 0.717) is 25.7 Å². The lowest BCUT2D eigenvalue weighted by Gasteiger charge is -2.21. The quantitative estimate of drug-likeness (QED) is 0.0222. The van der Waals surface area contributed by atoms with Crippen LogP contribution in [-0.4, -0.2) is 96.7 Å². The molecule has 0 saturated carbocycles. The molecule has 0 rings (SSSR count). The molecule has 0 aliphatic heterocycles. The molecule has 0 aliphatic carbocycles. The van der Waals surface area contributed by atoms with Crippen LogP contribution < -0.4 is 0 Å². The van der Waals surface area contributed by atoms with Crippen molar-refractivity contribution in [3.05, 3.63) is 0 Å². The second kappa shape index (κ2) is 74.5. The second-order valence-electron chi connectivity index (χ2n) is 30.8. The van der Waals surface area contributed by atoms with Crippen molar-refractivity contribution in [3.63, 3.8) is 0 Å². The summed E-state index contributed by atoms with van der Waals surface area (Å²) < 4.78 is 68.8. The first-order valence-corrected chi connectivity index (χ1v) is 46.0. The highest BCUT2D eigenvalue weighted by molar-refractivity contribution is 7.47. The third kappa shape index (κ3) is 76.3. The molecule has 3 N–H and O–H groups in total. The summed E-state index contributed by atoms with van der Waals surface area (Å²) in [6.07, 6.45) is 65.2. The summed E-state index contributed by atoms with van der Waals surface area (Å²) in [5.74, 6) is -0.570. The van der Waals surface area contributed by atoms with Gasteiger partial charge in [0.05, 0.1) is 26.4 Å². The molecule has 0 aromatic rings. The molecular formula is C83H162O17P2. The zero-order chi connectivity index (χ0) is 74.9. The van der Waals surface area contributed by atoms with Crippen molar-refractivity contribution in [2.24, 2.45) is 11.8 Å². The van der Waals surface area contributed by atoms with Gasteiger partial charge in [0, 0.05) is 25.7 Å². The number of hydrogen-bond donors (Lipinski definition) is 3. The zero-order valence-corrected chi connectivity index (χ0v) is 68.7. The number of carbonyl (C=O) groups is 4. The third-order valence-corrected chi connectivity index (χ3v) is 21.4. The van der Waals surface area contributed by atoms with E-state index in [-0.39, 0.29) is 25.7 Å². The number of phosphoric ester groups is 2. The number of hydrogen-bond acceptors (Lipinski definition) is 15. The predicted molar refractivity (Wildman–Crippen MR) is 418 cm³/mol. The Morgan fingerprint density at radius 1 is 0.265 bits per heavy atom. The van der Waals surface area contributed by atoms with Crippen LogP contribution in [0.5, 0.6) is 0 Å². The summed E-state index contributed by atoms with van der Waals surface area (Å²) in [4.78, 5) is 73.1. The van der Waals surface area contributed by atoms with E-state index >= 15 is 0 Å². The third-order valence-electron chi connectivity index (χ3n) is 19.5. The number of aliphatic hydroxyl groups is 1. The van der Waals surface area contributed by atoms with Crippen molar-refractivity contribution in [1.29, 1.82) is 0 Å². The lowest BCUT2D eigenvalue weighted by molar-refractivity contribution is -0.161. The summed E-state index contributed by atoms with van der Waals surface area (Å²) >= 11 is 0. The van der Waals surface area contributed by atoms with Crippen molar-refractivity contribution in [1.82, 2.24) is 0 Å². The van der Waals surface area contributed by atoms with Gasteiger partial charge in [-0.3, -0.25) is 37.3 Å². The largest absolute Gasteiger partial charge is 0.472 e. The lowest BCUT2D eigenvalue weighted by atomic mass is 10.0. The molecule has 0 heterocycles. The number of carbonyl (C=O) groups excluding carboxylic acids is 4. The first-order valence-electron chi connectivity index (χ1n) is 43.0. The second-order valence-corrected chi connectivity index (χ2v) is 33.7. The number of rotatable bonds is 82. The van der Waals surface area contributed by atoms with E-state index in [4.69, 9.17) is 37.0 Å². The lowest BCUT2D eigenvalue weighted by Crippen LogP contribution is -2.30. The van der Waals surface area contributed by atoms with Gasteiger partial charge in [-0.15, -0.1) is 0 Å². The summed E-state index contributed by atoms with van der Waals surface area (Å²) in [5.41, 5.74) is 0. The molecule has 2 unspecified atom stereocenters. The number of unbranched alkanes of at least 4 members (excludes halogenated alkanes) is 52. The van der Waals surface area contributed by atoms with Crippen LogP contribution in [0.4, 0.5) is 0 Å². The summed E-state index contributed by atoms with van der Waals surface area (Å²) in [5, 5.41) is 10.7. The molecule has 0 saturated heterocycles. The number of esters is 4. The monoisotopic (exact) mass is 1490 g/mol. The Balaban J connectivity index is 5.24. The molecule has 102 heavy (non-hydrogen) atoms. The molecular weight excluding hydrogens is 1330 g/mol. The SMILES string of the molecule is CCCCCCCCCCCCCCCCCCCCCCCC(=O)O[C@H](COC(=O)CCCCCCCCCCCCCCCC(C)C)COP(=O)(O)OC[C@@H](O)COP(=O)(O)OC[C@@H](COC(=O)CCCCCCCCCCCC(C)C)OC(=O)CCCCCCCCCCCCCCC. The number of phosphoric acid groups is 2. The van der Waals surface area contributed by atoms with Gasteiger partial charge in [0.1, 0.15) is 19.3 Å². The van der Waals surface area contributed by atoms with Crippen LogP contribution in [0, 0.1) is 11.8 Å². The Kier molecular flexibility index (Phi) is 73.1. The fraction of sp³-hybridized carbons (Fsp3) is 0.952. The van der Waals surface area contributed by atoms with E-state index in [9.17, 15) is 43.2 Å². The highest BCUT2D eigenvalue weighted by Gasteiger charge is 2.30. The van der Waals surface area contributed by atoms with Crippen LogP contribution in [-0.2, 0) is 65.4 Å². The molecule has 0 aromatic carbocycles. The van der Waals surface area contributed by atoms with Gasteiger partial charge in [-0.2, -0.15) is 0 Å². The van der Waals surface area contributed by atoms with Crippen molar-refractivity contribution < 1.29 is 80.2 Å². The minimum atomic E-state index is -4.96. The molecule has 0 amide bonds. The van der Waals surface area contributed by atoms with E-state index < -0.39 is 97.5 Å². The standard InChI is InChI=1S/C83H162O17P2/c1-7-9-11-13-15-17-19-21-22-23-24-25-26-27-28-32-37-43-50-56-62-68-83(88)99-78(71-93-80(85)65-59-53-47-41-35-33-29-31-34-39-45-51-57-63-75(3)4)73-97-101(89,90)95-69-77(84)70-96-102(91,92)98-74-79(72-94-81(86)66-60-54-48-44-38-40-46-52-58-64-76(5)6)100-82(87)67-61-55-49-42-36-30-20-18-16-14-12-10-8-2/h75-79,84H,7-74H2,1-6H3,(H,89,90)(H,91,92)/t77-,78-,79-/m1/s1. The first kappa shape index (κ1) is 100. The number of aliphatic hydroxyl groups excluding tert-OH is 1. The van der Waals surface area contributed by atoms with Gasteiger partial charge in [-0.1, -0.05) is 388 Å². The Hall–Kier alpha value is -1.94. The van der Waals surface area contributed by atoms with Crippen LogP contribution in [0.25, 0.3) is 0 Å². The average molecular weight is 1490 g/mol. The Morgan fingerprint density at radius 2 is 0.451 bits per heavy atom. The molecule has 17 nitrogen and oxygen atoms in total. The molecule has 0 aliphatic rings. The van der Waals surface area contributed by atoms with Crippen molar-refractivity contribution in [2.45, 2.75) is 458 Å². The van der Waals surface area contributed by atoms with Gasteiger partial charge in [-0.05, 0) is 37.5 Å². The maximum atomic E-state index is 13.1. The Morgan fingerprint density at radius 3 is 0.667 bits per heavy atom. The van der Waals surface area contributed by atoms with Gasteiger partial charge < -0.3 is 33.8 Å². The van der Waals surface area contributed by atoms with E-state index in [1.54, 1.807) is 0 Å². The number of ether oxygens (including phenoxy) is 4. The Labute approximate surface area is 626 Å². The Bertz CT molecular complexity index is 1960. The van der Waals surface area contributed by atoms with E-state index in [1.807, 2.05) is 0 Å². The van der Waals surface area contributed by atoms with Crippen LogP contribution >= 0.6 is 15.6 Å². The molecule has 0 radical (unpaired) electrons. The highest BCUT2D eigenvalue weighted by Crippen LogP contribution is 2.45. The minimum Gasteiger partial charge on any atom is -0.462 e. The van der Waals surface area contributed by atoms with Gasteiger partial charge in [0.15, 0.2) is 12.2 Å². The van der Waals surface area contributed by atoms with Crippen molar-refractivity contribution in [3.8, 4) is 0 Å². The van der Waals surface area contributed by atoms with Crippen LogP contribution in [0.2, 0.25) is 0 Å². The molecule has 5 atom stereocenters. The zero-order valence-electron chi connectivity index (χ0n) is 66.9. The smallest absolute Gasteiger partial charge is 0.462 e.